The zero-order valence-corrected chi connectivity index (χ0v) is 10.2. The van der Waals surface area contributed by atoms with Crippen LogP contribution in [0.25, 0.3) is 0 Å². The highest BCUT2D eigenvalue weighted by molar-refractivity contribution is 9.10. The quantitative estimate of drug-likeness (QED) is 0.877. The highest BCUT2D eigenvalue weighted by atomic mass is 79.9. The highest BCUT2D eigenvalue weighted by Crippen LogP contribution is 2.15. The third-order valence-corrected chi connectivity index (χ3v) is 2.81. The van der Waals surface area contributed by atoms with Crippen molar-refractivity contribution in [3.63, 3.8) is 0 Å². The molecule has 6 nitrogen and oxygen atoms in total. The Morgan fingerprint density at radius 2 is 2.44 bits per heavy atom. The number of nitrogens with one attached hydrogen (secondary N) is 2. The summed E-state index contributed by atoms with van der Waals surface area (Å²) in [5.74, 6) is 0. The second kappa shape index (κ2) is 4.48. The zero-order chi connectivity index (χ0) is 11.5. The van der Waals surface area contributed by atoms with Crippen LogP contribution in [0.1, 0.15) is 5.69 Å². The van der Waals surface area contributed by atoms with Crippen LogP contribution in [0.4, 0.5) is 5.69 Å². The number of nitrogens with zero attached hydrogens (tertiary/aromatic N) is 3. The van der Waals surface area contributed by atoms with Gasteiger partial charge in [0.25, 0.3) is 5.56 Å². The molecule has 0 saturated carbocycles. The van der Waals surface area contributed by atoms with E-state index in [9.17, 15) is 4.79 Å². The molecular formula is C9H10BrN5O. The molecule has 84 valence electrons. The first kappa shape index (κ1) is 10.9. The average molecular weight is 284 g/mol. The molecule has 2 rings (SSSR count). The van der Waals surface area contributed by atoms with Gasteiger partial charge in [0.05, 0.1) is 24.1 Å². The minimum Gasteiger partial charge on any atom is -0.377 e. The largest absolute Gasteiger partial charge is 0.377 e. The maximum atomic E-state index is 11.2. The number of hydrogen-bond donors (Lipinski definition) is 2. The van der Waals surface area contributed by atoms with E-state index in [1.165, 1.54) is 0 Å². The lowest BCUT2D eigenvalue weighted by molar-refractivity contribution is 0.747. The molecule has 0 spiro atoms. The SMILES string of the molecule is Cn1ccc(CNc2cn[nH]c(=O)c2Br)n1. The molecular weight excluding hydrogens is 274 g/mol. The second-order valence-corrected chi connectivity index (χ2v) is 4.05. The van der Waals surface area contributed by atoms with Gasteiger partial charge in [-0.3, -0.25) is 9.48 Å². The smallest absolute Gasteiger partial charge is 0.280 e. The van der Waals surface area contributed by atoms with E-state index in [4.69, 9.17) is 0 Å². The molecule has 0 aliphatic rings. The minimum absolute atomic E-state index is 0.258. The molecule has 16 heavy (non-hydrogen) atoms. The first-order chi connectivity index (χ1) is 7.66. The van der Waals surface area contributed by atoms with Gasteiger partial charge in [-0.05, 0) is 22.0 Å². The normalized spacial score (nSPS) is 10.4. The van der Waals surface area contributed by atoms with Crippen molar-refractivity contribution in [2.45, 2.75) is 6.54 Å². The molecule has 2 aromatic heterocycles. The number of anilines is 1. The lowest BCUT2D eigenvalue weighted by Crippen LogP contribution is -2.12. The molecule has 0 bridgehead atoms. The van der Waals surface area contributed by atoms with Crippen molar-refractivity contribution in [3.05, 3.63) is 39.0 Å². The van der Waals surface area contributed by atoms with E-state index in [0.717, 1.165) is 5.69 Å². The monoisotopic (exact) mass is 283 g/mol. The molecule has 2 aromatic rings. The molecule has 0 amide bonds. The number of aromatic amines is 1. The van der Waals surface area contributed by atoms with Crippen molar-refractivity contribution in [2.24, 2.45) is 7.05 Å². The van der Waals surface area contributed by atoms with Gasteiger partial charge in [-0.1, -0.05) is 0 Å². The van der Waals surface area contributed by atoms with Gasteiger partial charge >= 0.3 is 0 Å². The van der Waals surface area contributed by atoms with Crippen LogP contribution < -0.4 is 10.9 Å². The summed E-state index contributed by atoms with van der Waals surface area (Å²) >= 11 is 3.19. The summed E-state index contributed by atoms with van der Waals surface area (Å²) < 4.78 is 2.17. The van der Waals surface area contributed by atoms with Gasteiger partial charge < -0.3 is 5.32 Å². The standard InChI is InChI=1S/C9H10BrN5O/c1-15-3-2-6(14-15)4-11-7-5-12-13-9(16)8(7)10/h2-3,5H,4H2,1H3,(H2,11,13,16). The van der Waals surface area contributed by atoms with Crippen molar-refractivity contribution in [3.8, 4) is 0 Å². The van der Waals surface area contributed by atoms with Crippen molar-refractivity contribution >= 4 is 21.6 Å². The van der Waals surface area contributed by atoms with Crippen LogP contribution in [0.5, 0.6) is 0 Å². The number of hydrogen-bond acceptors (Lipinski definition) is 4. The Morgan fingerprint density at radius 3 is 3.12 bits per heavy atom. The van der Waals surface area contributed by atoms with E-state index in [2.05, 4.69) is 36.5 Å². The summed E-state index contributed by atoms with van der Waals surface area (Å²) in [6, 6.07) is 1.90. The van der Waals surface area contributed by atoms with Gasteiger partial charge in [0, 0.05) is 13.2 Å². The summed E-state index contributed by atoms with van der Waals surface area (Å²) in [6.07, 6.45) is 3.41. The summed E-state index contributed by atoms with van der Waals surface area (Å²) in [5, 5.41) is 13.3. The molecule has 0 atom stereocenters. The molecule has 0 aliphatic carbocycles. The van der Waals surface area contributed by atoms with Crippen LogP contribution in [0.3, 0.4) is 0 Å². The molecule has 0 unspecified atom stereocenters. The Labute approximate surface area is 99.8 Å². The maximum Gasteiger partial charge on any atom is 0.280 e. The number of aromatic nitrogens is 4. The fourth-order valence-corrected chi connectivity index (χ4v) is 1.58. The van der Waals surface area contributed by atoms with Gasteiger partial charge in [-0.15, -0.1) is 0 Å². The Bertz CT molecular complexity index is 547. The zero-order valence-electron chi connectivity index (χ0n) is 8.57. The molecule has 2 N–H and O–H groups in total. The molecule has 0 fully saturated rings. The number of rotatable bonds is 3. The van der Waals surface area contributed by atoms with Crippen LogP contribution >= 0.6 is 15.9 Å². The van der Waals surface area contributed by atoms with Crippen molar-refractivity contribution in [1.29, 1.82) is 0 Å². The Hall–Kier alpha value is -1.63. The number of H-pyrrole nitrogens is 1. The first-order valence-corrected chi connectivity index (χ1v) is 5.41. The molecule has 2 heterocycles. The Kier molecular flexibility index (Phi) is 3.04. The van der Waals surface area contributed by atoms with Crippen LogP contribution in [0.2, 0.25) is 0 Å². The van der Waals surface area contributed by atoms with Crippen LogP contribution in [-0.2, 0) is 13.6 Å². The summed E-state index contributed by atoms with van der Waals surface area (Å²) in [5.41, 5.74) is 1.29. The van der Waals surface area contributed by atoms with Crippen LogP contribution in [0, 0.1) is 0 Å². The Balaban J connectivity index is 2.10. The molecule has 0 aromatic carbocycles. The maximum absolute atomic E-state index is 11.2. The van der Waals surface area contributed by atoms with Crippen LogP contribution in [-0.4, -0.2) is 20.0 Å². The van der Waals surface area contributed by atoms with E-state index in [0.29, 0.717) is 16.7 Å². The summed E-state index contributed by atoms with van der Waals surface area (Å²) in [4.78, 5) is 11.2. The van der Waals surface area contributed by atoms with Crippen LogP contribution in [0.15, 0.2) is 27.7 Å². The van der Waals surface area contributed by atoms with E-state index in [-0.39, 0.29) is 5.56 Å². The van der Waals surface area contributed by atoms with Gasteiger partial charge in [0.1, 0.15) is 4.47 Å². The van der Waals surface area contributed by atoms with Gasteiger partial charge in [-0.25, -0.2) is 5.10 Å². The average Bonchev–Trinajstić information content (AvgIpc) is 2.67. The predicted octanol–water partition coefficient (Wildman–Crippen LogP) is 0.878. The topological polar surface area (TPSA) is 75.6 Å². The Morgan fingerprint density at radius 1 is 1.62 bits per heavy atom. The van der Waals surface area contributed by atoms with Gasteiger partial charge in [0.2, 0.25) is 0 Å². The lowest BCUT2D eigenvalue weighted by atomic mass is 10.4. The highest BCUT2D eigenvalue weighted by Gasteiger charge is 2.04. The molecule has 0 radical (unpaired) electrons. The third kappa shape index (κ3) is 2.30. The fourth-order valence-electron chi connectivity index (χ4n) is 1.25. The first-order valence-electron chi connectivity index (χ1n) is 4.62. The lowest BCUT2D eigenvalue weighted by Gasteiger charge is -2.04. The van der Waals surface area contributed by atoms with E-state index >= 15 is 0 Å². The number of halogens is 1. The van der Waals surface area contributed by atoms with E-state index < -0.39 is 0 Å². The van der Waals surface area contributed by atoms with Crippen molar-refractivity contribution in [1.82, 2.24) is 20.0 Å². The molecule has 0 aliphatic heterocycles. The van der Waals surface area contributed by atoms with E-state index in [1.54, 1.807) is 10.9 Å². The van der Waals surface area contributed by atoms with Gasteiger partial charge in [0.15, 0.2) is 0 Å². The second-order valence-electron chi connectivity index (χ2n) is 3.26. The van der Waals surface area contributed by atoms with Crippen molar-refractivity contribution < 1.29 is 0 Å². The fraction of sp³-hybridized carbons (Fsp3) is 0.222. The summed E-state index contributed by atoms with van der Waals surface area (Å²) in [6.45, 7) is 0.546. The predicted molar refractivity (Wildman–Crippen MR) is 63.1 cm³/mol. The van der Waals surface area contributed by atoms with Gasteiger partial charge in [-0.2, -0.15) is 10.2 Å². The molecule has 7 heteroatoms. The van der Waals surface area contributed by atoms with Crippen molar-refractivity contribution in [2.75, 3.05) is 5.32 Å². The third-order valence-electron chi connectivity index (χ3n) is 2.02. The molecule has 0 saturated heterocycles. The summed E-state index contributed by atoms with van der Waals surface area (Å²) in [7, 11) is 1.86. The number of aryl methyl sites for hydroxylation is 1. The minimum atomic E-state index is -0.258. The van der Waals surface area contributed by atoms with E-state index in [1.807, 2.05) is 19.3 Å².